The average Bonchev–Trinajstić information content (AvgIpc) is 3.44. The highest BCUT2D eigenvalue weighted by molar-refractivity contribution is 5.71. The third-order valence-corrected chi connectivity index (χ3v) is 14.6. The molecule has 0 aromatic rings. The van der Waals surface area contributed by atoms with Gasteiger partial charge in [0.1, 0.15) is 13.2 Å². The molecule has 1 atom stereocenters. The molecule has 1 unspecified atom stereocenters. The Balaban J connectivity index is 4.05. The minimum atomic E-state index is -0.781. The van der Waals surface area contributed by atoms with Crippen LogP contribution in [-0.2, 0) is 28.6 Å². The van der Waals surface area contributed by atoms with Crippen molar-refractivity contribution in [2.75, 3.05) is 13.2 Å². The van der Waals surface area contributed by atoms with Crippen LogP contribution in [0.5, 0.6) is 0 Å². The van der Waals surface area contributed by atoms with Gasteiger partial charge in [0.2, 0.25) is 0 Å². The number of allylic oxidation sites excluding steroid dienone is 14. The molecule has 0 heterocycles. The fraction of sp³-hybridized carbons (Fsp3) is 0.764. The van der Waals surface area contributed by atoms with Crippen LogP contribution in [0.25, 0.3) is 0 Å². The zero-order valence-electron chi connectivity index (χ0n) is 51.7. The van der Waals surface area contributed by atoms with Gasteiger partial charge in [-0.2, -0.15) is 0 Å². The van der Waals surface area contributed by atoms with Crippen molar-refractivity contribution in [3.63, 3.8) is 0 Å². The molecule has 0 aliphatic heterocycles. The number of ether oxygens (including phenoxy) is 3. The predicted octanol–water partition coefficient (Wildman–Crippen LogP) is 23.1. The van der Waals surface area contributed by atoms with Crippen molar-refractivity contribution in [3.05, 3.63) is 85.1 Å². The Morgan fingerprint density at radius 3 is 0.846 bits per heavy atom. The Kier molecular flexibility index (Phi) is 63.2. The summed E-state index contributed by atoms with van der Waals surface area (Å²) in [5.41, 5.74) is 0. The molecule has 0 saturated carbocycles. The molecule has 0 rings (SSSR count). The van der Waals surface area contributed by atoms with Crippen molar-refractivity contribution in [3.8, 4) is 0 Å². The van der Waals surface area contributed by atoms with Crippen molar-refractivity contribution in [2.24, 2.45) is 0 Å². The first kappa shape index (κ1) is 74.6. The lowest BCUT2D eigenvalue weighted by atomic mass is 10.0. The van der Waals surface area contributed by atoms with Crippen molar-refractivity contribution in [1.82, 2.24) is 0 Å². The lowest BCUT2D eigenvalue weighted by molar-refractivity contribution is -0.167. The Hall–Kier alpha value is -3.41. The van der Waals surface area contributed by atoms with E-state index in [1.807, 2.05) is 0 Å². The molecular weight excluding hydrogens is 961 g/mol. The molecule has 0 saturated heterocycles. The maximum atomic E-state index is 12.9. The van der Waals surface area contributed by atoms with E-state index in [-0.39, 0.29) is 31.1 Å². The van der Waals surface area contributed by atoms with Gasteiger partial charge in [-0.25, -0.2) is 0 Å². The van der Waals surface area contributed by atoms with Crippen LogP contribution in [0.2, 0.25) is 0 Å². The molecule has 6 nitrogen and oxygen atoms in total. The highest BCUT2D eigenvalue weighted by Gasteiger charge is 2.19. The number of carbonyl (C=O) groups is 3. The molecule has 0 aromatic heterocycles. The average molecular weight is 1090 g/mol. The molecular formula is C72H126O6. The molecule has 0 aliphatic rings. The SMILES string of the molecule is CC/C=C\C/C=C\C/C=C\C/C=C\C/C=C\CCCCCCCCCCCCCCCCCCCCCC(=O)OCC(COC(=O)CCCCCCC/C=C\CCC)OC(=O)CCCCCCC/C=C\CCCCCCCC. The lowest BCUT2D eigenvalue weighted by Crippen LogP contribution is -2.30. The van der Waals surface area contributed by atoms with E-state index in [2.05, 4.69) is 106 Å². The van der Waals surface area contributed by atoms with Crippen LogP contribution in [0, 0.1) is 0 Å². The van der Waals surface area contributed by atoms with Crippen molar-refractivity contribution in [1.29, 1.82) is 0 Å². The molecule has 0 radical (unpaired) electrons. The first-order chi connectivity index (χ1) is 38.5. The van der Waals surface area contributed by atoms with E-state index in [4.69, 9.17) is 14.2 Å². The van der Waals surface area contributed by atoms with Gasteiger partial charge in [0.15, 0.2) is 6.10 Å². The molecule has 0 bridgehead atoms. The number of hydrogen-bond acceptors (Lipinski definition) is 6. The molecule has 0 aliphatic carbocycles. The van der Waals surface area contributed by atoms with Crippen LogP contribution in [0.1, 0.15) is 335 Å². The topological polar surface area (TPSA) is 78.9 Å². The second-order valence-electron chi connectivity index (χ2n) is 22.3. The maximum absolute atomic E-state index is 12.9. The van der Waals surface area contributed by atoms with Gasteiger partial charge in [-0.15, -0.1) is 0 Å². The van der Waals surface area contributed by atoms with Gasteiger partial charge in [0.05, 0.1) is 0 Å². The second-order valence-corrected chi connectivity index (χ2v) is 22.3. The summed E-state index contributed by atoms with van der Waals surface area (Å²) in [4.78, 5) is 38.2. The predicted molar refractivity (Wildman–Crippen MR) is 339 cm³/mol. The summed E-state index contributed by atoms with van der Waals surface area (Å²) >= 11 is 0. The van der Waals surface area contributed by atoms with Gasteiger partial charge in [0.25, 0.3) is 0 Å². The smallest absolute Gasteiger partial charge is 0.306 e. The van der Waals surface area contributed by atoms with Crippen LogP contribution in [0.3, 0.4) is 0 Å². The molecule has 0 aromatic carbocycles. The van der Waals surface area contributed by atoms with E-state index < -0.39 is 6.10 Å². The number of rotatable bonds is 61. The van der Waals surface area contributed by atoms with Crippen LogP contribution in [0.4, 0.5) is 0 Å². The monoisotopic (exact) mass is 1090 g/mol. The van der Waals surface area contributed by atoms with Gasteiger partial charge in [-0.3, -0.25) is 14.4 Å². The van der Waals surface area contributed by atoms with Crippen molar-refractivity contribution < 1.29 is 28.6 Å². The fourth-order valence-corrected chi connectivity index (χ4v) is 9.59. The number of unbranched alkanes of at least 4 members (excludes halogenated alkanes) is 36. The van der Waals surface area contributed by atoms with Gasteiger partial charge in [-0.05, 0) is 109 Å². The molecule has 450 valence electrons. The van der Waals surface area contributed by atoms with Crippen LogP contribution in [0.15, 0.2) is 85.1 Å². The molecule has 78 heavy (non-hydrogen) atoms. The molecule has 0 fully saturated rings. The minimum absolute atomic E-state index is 0.0781. The maximum Gasteiger partial charge on any atom is 0.306 e. The lowest BCUT2D eigenvalue weighted by Gasteiger charge is -2.18. The van der Waals surface area contributed by atoms with Gasteiger partial charge in [0, 0.05) is 19.3 Å². The highest BCUT2D eigenvalue weighted by Crippen LogP contribution is 2.17. The fourth-order valence-electron chi connectivity index (χ4n) is 9.59. The summed E-state index contributed by atoms with van der Waals surface area (Å²) in [5.74, 6) is -0.884. The van der Waals surface area contributed by atoms with Crippen molar-refractivity contribution >= 4 is 17.9 Å². The molecule has 0 N–H and O–H groups in total. The van der Waals surface area contributed by atoms with Crippen LogP contribution < -0.4 is 0 Å². The normalized spacial score (nSPS) is 12.6. The summed E-state index contributed by atoms with van der Waals surface area (Å²) in [6.07, 6.45) is 87.7. The summed E-state index contributed by atoms with van der Waals surface area (Å²) in [5, 5.41) is 0. The number of hydrogen-bond donors (Lipinski definition) is 0. The zero-order chi connectivity index (χ0) is 56.4. The Labute approximate surface area is 484 Å². The van der Waals surface area contributed by atoms with E-state index >= 15 is 0 Å². The Morgan fingerprint density at radius 2 is 0.526 bits per heavy atom. The Bertz CT molecular complexity index is 1480. The van der Waals surface area contributed by atoms with E-state index in [1.165, 1.54) is 180 Å². The third-order valence-electron chi connectivity index (χ3n) is 14.6. The summed E-state index contributed by atoms with van der Waals surface area (Å²) in [6, 6.07) is 0. The van der Waals surface area contributed by atoms with E-state index in [9.17, 15) is 14.4 Å². The molecule has 6 heteroatoms. The first-order valence-electron chi connectivity index (χ1n) is 33.6. The highest BCUT2D eigenvalue weighted by atomic mass is 16.6. The van der Waals surface area contributed by atoms with Crippen LogP contribution in [-0.4, -0.2) is 37.2 Å². The molecule has 0 amide bonds. The van der Waals surface area contributed by atoms with Gasteiger partial charge in [-0.1, -0.05) is 292 Å². The first-order valence-corrected chi connectivity index (χ1v) is 33.6. The summed E-state index contributed by atoms with van der Waals surface area (Å²) < 4.78 is 16.9. The number of carbonyl (C=O) groups excluding carboxylic acids is 3. The summed E-state index contributed by atoms with van der Waals surface area (Å²) in [6.45, 7) is 6.48. The zero-order valence-corrected chi connectivity index (χ0v) is 51.7. The van der Waals surface area contributed by atoms with Gasteiger partial charge >= 0.3 is 17.9 Å². The third kappa shape index (κ3) is 63.4. The Morgan fingerprint density at radius 1 is 0.269 bits per heavy atom. The van der Waals surface area contributed by atoms with Crippen LogP contribution >= 0.6 is 0 Å². The minimum Gasteiger partial charge on any atom is -0.462 e. The standard InChI is InChI=1S/C72H126O6/c1-4-7-10-13-16-19-22-24-26-27-28-29-30-31-32-33-34-35-36-37-38-39-40-41-42-43-44-45-47-48-50-53-56-59-62-65-71(74)77-68-69(67-76-70(73)64-61-58-55-52-21-18-15-12-9-6-3)78-72(75)66-63-60-57-54-51-49-46-25-23-20-17-14-11-8-5-2/h7,10,12,15-16,19,24-26,28-29,31-32,46,69H,4-6,8-9,11,13-14,17-18,20-23,27,30,33-45,47-68H2,1-3H3/b10-7-,15-12-,19-16-,26-24-,29-28-,32-31-,46-25-. The quantitative estimate of drug-likeness (QED) is 0.0261. The largest absolute Gasteiger partial charge is 0.462 e. The van der Waals surface area contributed by atoms with E-state index in [1.54, 1.807) is 0 Å². The second kappa shape index (κ2) is 66.1. The molecule has 0 spiro atoms. The number of esters is 3. The van der Waals surface area contributed by atoms with E-state index in [0.717, 1.165) is 116 Å². The van der Waals surface area contributed by atoms with Gasteiger partial charge < -0.3 is 14.2 Å². The van der Waals surface area contributed by atoms with E-state index in [0.29, 0.717) is 19.3 Å². The summed E-state index contributed by atoms with van der Waals surface area (Å²) in [7, 11) is 0. The van der Waals surface area contributed by atoms with Crippen molar-refractivity contribution in [2.45, 2.75) is 341 Å².